The third kappa shape index (κ3) is 2.71. The minimum Gasteiger partial charge on any atom is -0.329 e. The van der Waals surface area contributed by atoms with Crippen LogP contribution < -0.4 is 5.73 Å². The number of rotatable bonds is 5. The third-order valence-corrected chi connectivity index (χ3v) is 6.08. The van der Waals surface area contributed by atoms with Crippen LogP contribution >= 0.6 is 0 Å². The molecule has 0 saturated heterocycles. The first kappa shape index (κ1) is 13.9. The van der Waals surface area contributed by atoms with Gasteiger partial charge in [0.05, 0.1) is 0 Å². The van der Waals surface area contributed by atoms with Crippen LogP contribution in [-0.4, -0.2) is 29.6 Å². The molecule has 19 heavy (non-hydrogen) atoms. The molecule has 2 atom stereocenters. The molecule has 3 rings (SSSR count). The lowest BCUT2D eigenvalue weighted by Crippen LogP contribution is -2.62. The molecule has 3 fully saturated rings. The molecule has 2 nitrogen and oxygen atoms in total. The minimum absolute atomic E-state index is 0.319. The third-order valence-electron chi connectivity index (χ3n) is 6.08. The molecule has 2 unspecified atom stereocenters. The van der Waals surface area contributed by atoms with E-state index in [0.717, 1.165) is 24.4 Å². The minimum atomic E-state index is 0.319. The van der Waals surface area contributed by atoms with Gasteiger partial charge in [0.15, 0.2) is 0 Å². The van der Waals surface area contributed by atoms with Crippen molar-refractivity contribution in [2.75, 3.05) is 13.1 Å². The first-order valence-electron chi connectivity index (χ1n) is 8.44. The van der Waals surface area contributed by atoms with E-state index in [1.807, 2.05) is 0 Å². The van der Waals surface area contributed by atoms with Crippen molar-refractivity contribution in [3.05, 3.63) is 0 Å². The summed E-state index contributed by atoms with van der Waals surface area (Å²) in [6.07, 6.45) is 9.78. The highest BCUT2D eigenvalue weighted by Crippen LogP contribution is 2.50. The van der Waals surface area contributed by atoms with Crippen molar-refractivity contribution in [3.63, 3.8) is 0 Å². The largest absolute Gasteiger partial charge is 0.329 e. The molecule has 0 amide bonds. The molecule has 0 aromatic rings. The maximum atomic E-state index is 6.34. The predicted molar refractivity (Wildman–Crippen MR) is 81.0 cm³/mol. The highest BCUT2D eigenvalue weighted by molar-refractivity contribution is 5.07. The quantitative estimate of drug-likeness (QED) is 0.824. The van der Waals surface area contributed by atoms with Crippen LogP contribution in [0.4, 0.5) is 0 Å². The van der Waals surface area contributed by atoms with Gasteiger partial charge in [-0.05, 0) is 62.2 Å². The van der Waals surface area contributed by atoms with Gasteiger partial charge in [-0.1, -0.05) is 20.8 Å². The fourth-order valence-electron chi connectivity index (χ4n) is 4.43. The molecule has 110 valence electrons. The second kappa shape index (κ2) is 4.73. The van der Waals surface area contributed by atoms with Gasteiger partial charge in [-0.15, -0.1) is 0 Å². The molecule has 0 spiro atoms. The summed E-state index contributed by atoms with van der Waals surface area (Å²) in [5.74, 6) is 1.74. The first-order chi connectivity index (χ1) is 8.97. The van der Waals surface area contributed by atoms with Crippen molar-refractivity contribution in [2.45, 2.75) is 77.3 Å². The molecule has 0 radical (unpaired) electrons. The summed E-state index contributed by atoms with van der Waals surface area (Å²) in [5, 5.41) is 0. The molecular weight excluding hydrogens is 232 g/mol. The van der Waals surface area contributed by atoms with Crippen LogP contribution in [0.25, 0.3) is 0 Å². The Balaban J connectivity index is 1.79. The van der Waals surface area contributed by atoms with Crippen molar-refractivity contribution in [3.8, 4) is 0 Å². The smallest absolute Gasteiger partial charge is 0.0360 e. The Morgan fingerprint density at radius 1 is 1.11 bits per heavy atom. The summed E-state index contributed by atoms with van der Waals surface area (Å²) < 4.78 is 0. The molecule has 3 aliphatic carbocycles. The van der Waals surface area contributed by atoms with Gasteiger partial charge in [-0.25, -0.2) is 0 Å². The average molecular weight is 264 g/mol. The summed E-state index contributed by atoms with van der Waals surface area (Å²) in [4.78, 5) is 2.88. The van der Waals surface area contributed by atoms with E-state index in [1.165, 1.54) is 51.5 Å². The van der Waals surface area contributed by atoms with E-state index >= 15 is 0 Å². The molecule has 0 aromatic heterocycles. The van der Waals surface area contributed by atoms with Gasteiger partial charge in [0.25, 0.3) is 0 Å². The van der Waals surface area contributed by atoms with E-state index in [2.05, 4.69) is 25.7 Å². The Morgan fingerprint density at radius 2 is 1.79 bits per heavy atom. The van der Waals surface area contributed by atoms with Crippen molar-refractivity contribution < 1.29 is 0 Å². The first-order valence-corrected chi connectivity index (χ1v) is 8.44. The van der Waals surface area contributed by atoms with Crippen molar-refractivity contribution in [2.24, 2.45) is 23.0 Å². The average Bonchev–Trinajstić information content (AvgIpc) is 3.21. The van der Waals surface area contributed by atoms with Crippen LogP contribution in [0.1, 0.15) is 65.7 Å². The zero-order chi connectivity index (χ0) is 13.7. The lowest BCUT2D eigenvalue weighted by atomic mass is 9.63. The maximum Gasteiger partial charge on any atom is 0.0360 e. The number of hydrogen-bond donors (Lipinski definition) is 1. The lowest BCUT2D eigenvalue weighted by molar-refractivity contribution is -0.0302. The van der Waals surface area contributed by atoms with Gasteiger partial charge in [-0.2, -0.15) is 0 Å². The molecule has 3 saturated carbocycles. The SMILES string of the molecule is CC1CC(C)(C)CCC1(CN)N(CC1CC1)C1CC1. The molecule has 0 aliphatic heterocycles. The van der Waals surface area contributed by atoms with Crippen molar-refractivity contribution in [1.29, 1.82) is 0 Å². The maximum absolute atomic E-state index is 6.34. The molecule has 0 bridgehead atoms. The molecule has 0 aromatic carbocycles. The molecule has 0 heterocycles. The summed E-state index contributed by atoms with van der Waals surface area (Å²) in [5.41, 5.74) is 7.18. The van der Waals surface area contributed by atoms with Crippen molar-refractivity contribution in [1.82, 2.24) is 4.90 Å². The van der Waals surface area contributed by atoms with E-state index in [4.69, 9.17) is 5.73 Å². The number of nitrogens with zero attached hydrogens (tertiary/aromatic N) is 1. The Hall–Kier alpha value is -0.0800. The van der Waals surface area contributed by atoms with Crippen LogP contribution in [0.15, 0.2) is 0 Å². The zero-order valence-corrected chi connectivity index (χ0v) is 13.1. The van der Waals surface area contributed by atoms with Gasteiger partial charge >= 0.3 is 0 Å². The van der Waals surface area contributed by atoms with E-state index in [1.54, 1.807) is 0 Å². The Kier molecular flexibility index (Phi) is 3.46. The Morgan fingerprint density at radius 3 is 2.26 bits per heavy atom. The lowest BCUT2D eigenvalue weighted by Gasteiger charge is -2.54. The highest BCUT2D eigenvalue weighted by Gasteiger charge is 2.51. The summed E-state index contributed by atoms with van der Waals surface area (Å²) in [6.45, 7) is 9.55. The van der Waals surface area contributed by atoms with Crippen LogP contribution in [0.2, 0.25) is 0 Å². The van der Waals surface area contributed by atoms with E-state index in [0.29, 0.717) is 11.0 Å². The van der Waals surface area contributed by atoms with Crippen LogP contribution in [0.3, 0.4) is 0 Å². The summed E-state index contributed by atoms with van der Waals surface area (Å²) in [6, 6.07) is 0.868. The van der Waals surface area contributed by atoms with E-state index < -0.39 is 0 Å². The number of nitrogens with two attached hydrogens (primary N) is 1. The summed E-state index contributed by atoms with van der Waals surface area (Å²) >= 11 is 0. The molecule has 2 heteroatoms. The van der Waals surface area contributed by atoms with Crippen molar-refractivity contribution >= 4 is 0 Å². The van der Waals surface area contributed by atoms with Gasteiger partial charge in [0, 0.05) is 24.7 Å². The number of hydrogen-bond acceptors (Lipinski definition) is 2. The van der Waals surface area contributed by atoms with Crippen LogP contribution in [0, 0.1) is 17.3 Å². The van der Waals surface area contributed by atoms with E-state index in [-0.39, 0.29) is 0 Å². The predicted octanol–water partition coefficient (Wildman–Crippen LogP) is 3.40. The molecular formula is C17H32N2. The zero-order valence-electron chi connectivity index (χ0n) is 13.1. The second-order valence-electron chi connectivity index (χ2n) is 8.40. The fourth-order valence-corrected chi connectivity index (χ4v) is 4.43. The Labute approximate surface area is 119 Å². The second-order valence-corrected chi connectivity index (χ2v) is 8.40. The van der Waals surface area contributed by atoms with E-state index in [9.17, 15) is 0 Å². The molecule has 3 aliphatic rings. The van der Waals surface area contributed by atoms with Crippen LogP contribution in [0.5, 0.6) is 0 Å². The Bertz CT molecular complexity index is 330. The van der Waals surface area contributed by atoms with Crippen LogP contribution in [-0.2, 0) is 0 Å². The van der Waals surface area contributed by atoms with Gasteiger partial charge in [0.1, 0.15) is 0 Å². The highest BCUT2D eigenvalue weighted by atomic mass is 15.3. The van der Waals surface area contributed by atoms with Gasteiger partial charge < -0.3 is 5.73 Å². The fraction of sp³-hybridized carbons (Fsp3) is 1.00. The normalized spacial score (nSPS) is 38.7. The topological polar surface area (TPSA) is 29.3 Å². The van der Waals surface area contributed by atoms with Gasteiger partial charge in [-0.3, -0.25) is 4.90 Å². The monoisotopic (exact) mass is 264 g/mol. The standard InChI is InChI=1S/C17H32N2/c1-13-10-16(2,3)8-9-17(13,12-18)19(15-6-7-15)11-14-4-5-14/h13-15H,4-12,18H2,1-3H3. The molecule has 2 N–H and O–H groups in total. The summed E-state index contributed by atoms with van der Waals surface area (Å²) in [7, 11) is 0. The van der Waals surface area contributed by atoms with Gasteiger partial charge in [0.2, 0.25) is 0 Å².